The van der Waals surface area contributed by atoms with Crippen LogP contribution in [0.15, 0.2) is 90.1 Å². The van der Waals surface area contributed by atoms with Gasteiger partial charge in [0.25, 0.3) is 11.8 Å². The van der Waals surface area contributed by atoms with Gasteiger partial charge in [0.2, 0.25) is 5.60 Å². The molecule has 1 heterocycles. The molecule has 0 fully saturated rings. The van der Waals surface area contributed by atoms with E-state index in [0.717, 1.165) is 16.3 Å². The Morgan fingerprint density at radius 3 is 2.32 bits per heavy atom. The first-order valence-electron chi connectivity index (χ1n) is 12.8. The number of aliphatic carboxylic acids is 1. The summed E-state index contributed by atoms with van der Waals surface area (Å²) in [6.07, 6.45) is 0.202. The molecule has 2 atom stereocenters. The van der Waals surface area contributed by atoms with Crippen LogP contribution in [0.4, 0.5) is 5.69 Å². The second kappa shape index (κ2) is 11.6. The van der Waals surface area contributed by atoms with Gasteiger partial charge in [-0.15, -0.1) is 0 Å². The highest BCUT2D eigenvalue weighted by Crippen LogP contribution is 2.29. The lowest BCUT2D eigenvalue weighted by Gasteiger charge is -2.23. The summed E-state index contributed by atoms with van der Waals surface area (Å²) in [5, 5.41) is 21.9. The number of halogens is 2. The minimum absolute atomic E-state index is 0.0140. The van der Waals surface area contributed by atoms with Crippen LogP contribution in [-0.4, -0.2) is 40.2 Å². The SMILES string of the molecule is CC1(C(=O)NC(Cc2ccc(NC(=O)c3c(Cl)cccc3Cl)cc2)C(=O)O)CC(c2ccc3ccccc3c2)=NO1. The smallest absolute Gasteiger partial charge is 0.326 e. The summed E-state index contributed by atoms with van der Waals surface area (Å²) < 4.78 is 0. The fourth-order valence-corrected chi connectivity index (χ4v) is 5.13. The standard InChI is InChI=1S/C31H25Cl2N3O5/c1-31(17-26(36-41-31)21-12-11-19-5-2-3-6-20(19)16-21)30(40)35-25(29(38)39)15-18-9-13-22(14-10-18)34-28(37)27-23(32)7-4-8-24(27)33/h2-14,16,25H,15,17H2,1H3,(H,34,37)(H,35,40)(H,38,39). The monoisotopic (exact) mass is 589 g/mol. The predicted octanol–water partition coefficient (Wildman–Crippen LogP) is 6.09. The topological polar surface area (TPSA) is 117 Å². The second-order valence-corrected chi connectivity index (χ2v) is 10.7. The average Bonchev–Trinajstić information content (AvgIpc) is 3.36. The van der Waals surface area contributed by atoms with Crippen LogP contribution in [0, 0.1) is 0 Å². The molecular formula is C31H25Cl2N3O5. The van der Waals surface area contributed by atoms with Gasteiger partial charge in [0, 0.05) is 24.1 Å². The lowest BCUT2D eigenvalue weighted by atomic mass is 9.93. The number of amides is 2. The van der Waals surface area contributed by atoms with Crippen LogP contribution in [0.1, 0.15) is 34.8 Å². The normalized spacial score (nSPS) is 16.9. The van der Waals surface area contributed by atoms with E-state index in [9.17, 15) is 19.5 Å². The third-order valence-electron chi connectivity index (χ3n) is 6.87. The molecule has 8 nitrogen and oxygen atoms in total. The maximum Gasteiger partial charge on any atom is 0.326 e. The van der Waals surface area contributed by atoms with Crippen molar-refractivity contribution in [2.45, 2.75) is 31.4 Å². The Labute approximate surface area is 245 Å². The number of carboxylic acids is 1. The van der Waals surface area contributed by atoms with Crippen molar-refractivity contribution in [1.29, 1.82) is 0 Å². The van der Waals surface area contributed by atoms with Crippen molar-refractivity contribution >= 4 is 63.2 Å². The molecule has 1 aliphatic heterocycles. The van der Waals surface area contributed by atoms with Gasteiger partial charge in [-0.1, -0.05) is 83.0 Å². The predicted molar refractivity (Wildman–Crippen MR) is 159 cm³/mol. The van der Waals surface area contributed by atoms with E-state index in [1.807, 2.05) is 42.5 Å². The maximum absolute atomic E-state index is 13.2. The van der Waals surface area contributed by atoms with Crippen LogP contribution in [0.5, 0.6) is 0 Å². The summed E-state index contributed by atoms with van der Waals surface area (Å²) in [4.78, 5) is 43.4. The van der Waals surface area contributed by atoms with Gasteiger partial charge < -0.3 is 20.6 Å². The number of nitrogens with one attached hydrogen (secondary N) is 2. The molecule has 1 aliphatic rings. The van der Waals surface area contributed by atoms with Crippen molar-refractivity contribution in [2.75, 3.05) is 5.32 Å². The summed E-state index contributed by atoms with van der Waals surface area (Å²) in [6.45, 7) is 1.58. The molecular weight excluding hydrogens is 565 g/mol. The van der Waals surface area contributed by atoms with Gasteiger partial charge in [0.1, 0.15) is 6.04 Å². The summed E-state index contributed by atoms with van der Waals surface area (Å²) in [5.74, 6) is -2.24. The van der Waals surface area contributed by atoms with Gasteiger partial charge in [-0.3, -0.25) is 9.59 Å². The number of carboxylic acid groups (broad SMARTS) is 1. The van der Waals surface area contributed by atoms with Crippen molar-refractivity contribution in [1.82, 2.24) is 5.32 Å². The zero-order valence-corrected chi connectivity index (χ0v) is 23.4. The van der Waals surface area contributed by atoms with Crippen molar-refractivity contribution < 1.29 is 24.3 Å². The maximum atomic E-state index is 13.2. The van der Waals surface area contributed by atoms with Crippen molar-refractivity contribution in [3.8, 4) is 0 Å². The number of carbonyl (C=O) groups is 3. The summed E-state index contributed by atoms with van der Waals surface area (Å²) >= 11 is 12.2. The van der Waals surface area contributed by atoms with E-state index in [2.05, 4.69) is 15.8 Å². The Morgan fingerprint density at radius 2 is 1.63 bits per heavy atom. The van der Waals surface area contributed by atoms with Gasteiger partial charge in [-0.2, -0.15) is 0 Å². The Balaban J connectivity index is 1.22. The van der Waals surface area contributed by atoms with Gasteiger partial charge in [-0.05, 0) is 53.6 Å². The van der Waals surface area contributed by atoms with E-state index in [-0.39, 0.29) is 28.5 Å². The Kier molecular flexibility index (Phi) is 7.97. The molecule has 0 bridgehead atoms. The number of rotatable bonds is 8. The van der Waals surface area contributed by atoms with Crippen molar-refractivity contribution in [2.24, 2.45) is 5.16 Å². The fourth-order valence-electron chi connectivity index (χ4n) is 4.56. The number of hydrogen-bond acceptors (Lipinski definition) is 5. The van der Waals surface area contributed by atoms with Crippen LogP contribution < -0.4 is 10.6 Å². The first-order valence-corrected chi connectivity index (χ1v) is 13.5. The fraction of sp³-hybridized carbons (Fsp3) is 0.161. The molecule has 4 aromatic rings. The number of oxime groups is 1. The Morgan fingerprint density at radius 1 is 0.951 bits per heavy atom. The van der Waals surface area contributed by atoms with Crippen LogP contribution in [-0.2, 0) is 20.8 Å². The van der Waals surface area contributed by atoms with Crippen molar-refractivity contribution in [3.05, 3.63) is 112 Å². The number of fused-ring (bicyclic) bond motifs is 1. The lowest BCUT2D eigenvalue weighted by Crippen LogP contribution is -2.51. The molecule has 0 saturated heterocycles. The number of anilines is 1. The minimum Gasteiger partial charge on any atom is -0.480 e. The highest BCUT2D eigenvalue weighted by atomic mass is 35.5. The molecule has 2 unspecified atom stereocenters. The highest BCUT2D eigenvalue weighted by molar-refractivity contribution is 6.40. The molecule has 2 amide bonds. The minimum atomic E-state index is -1.36. The lowest BCUT2D eigenvalue weighted by molar-refractivity contribution is -0.148. The number of benzene rings is 4. The van der Waals surface area contributed by atoms with Crippen LogP contribution in [0.25, 0.3) is 10.8 Å². The van der Waals surface area contributed by atoms with E-state index in [0.29, 0.717) is 17.0 Å². The molecule has 0 radical (unpaired) electrons. The second-order valence-electron chi connectivity index (χ2n) is 9.91. The molecule has 3 N–H and O–H groups in total. The third-order valence-corrected chi connectivity index (χ3v) is 7.50. The van der Waals surface area contributed by atoms with Crippen LogP contribution in [0.2, 0.25) is 10.0 Å². The van der Waals surface area contributed by atoms with E-state index in [1.165, 1.54) is 0 Å². The first-order chi connectivity index (χ1) is 19.6. The molecule has 0 aliphatic carbocycles. The van der Waals surface area contributed by atoms with Crippen LogP contribution >= 0.6 is 23.2 Å². The zero-order valence-electron chi connectivity index (χ0n) is 21.9. The molecule has 0 saturated carbocycles. The average molecular weight is 590 g/mol. The largest absolute Gasteiger partial charge is 0.480 e. The number of carbonyl (C=O) groups excluding carboxylic acids is 2. The van der Waals surface area contributed by atoms with E-state index in [4.69, 9.17) is 28.0 Å². The molecule has 208 valence electrons. The number of nitrogens with zero attached hydrogens (tertiary/aromatic N) is 1. The van der Waals surface area contributed by atoms with Gasteiger partial charge >= 0.3 is 5.97 Å². The Hall–Kier alpha value is -4.40. The molecule has 5 rings (SSSR count). The highest BCUT2D eigenvalue weighted by Gasteiger charge is 2.43. The first kappa shape index (κ1) is 28.1. The van der Waals surface area contributed by atoms with E-state index in [1.54, 1.807) is 49.4 Å². The van der Waals surface area contributed by atoms with E-state index < -0.39 is 29.4 Å². The van der Waals surface area contributed by atoms with Gasteiger partial charge in [0.15, 0.2) is 0 Å². The molecule has 0 aromatic heterocycles. The molecule has 4 aromatic carbocycles. The zero-order chi connectivity index (χ0) is 29.1. The van der Waals surface area contributed by atoms with Crippen molar-refractivity contribution in [3.63, 3.8) is 0 Å². The van der Waals surface area contributed by atoms with Crippen LogP contribution in [0.3, 0.4) is 0 Å². The third kappa shape index (κ3) is 6.19. The van der Waals surface area contributed by atoms with Gasteiger partial charge in [0.05, 0.1) is 21.3 Å². The molecule has 10 heteroatoms. The summed E-state index contributed by atoms with van der Waals surface area (Å²) in [7, 11) is 0. The molecule has 41 heavy (non-hydrogen) atoms. The number of hydrogen-bond donors (Lipinski definition) is 3. The quantitative estimate of drug-likeness (QED) is 0.230. The van der Waals surface area contributed by atoms with Gasteiger partial charge in [-0.25, -0.2) is 4.79 Å². The Bertz CT molecular complexity index is 1670. The van der Waals surface area contributed by atoms with E-state index >= 15 is 0 Å². The summed E-state index contributed by atoms with van der Waals surface area (Å²) in [6, 6.07) is 24.0. The summed E-state index contributed by atoms with van der Waals surface area (Å²) in [5.41, 5.74) is 1.34. The molecule has 0 spiro atoms.